The quantitative estimate of drug-likeness (QED) is 0.523. The van der Waals surface area contributed by atoms with E-state index in [1.165, 1.54) is 11.1 Å². The third kappa shape index (κ3) is 0.486. The van der Waals surface area contributed by atoms with Crippen molar-refractivity contribution in [3.63, 3.8) is 0 Å². The molecule has 2 N–H and O–H groups in total. The maximum Gasteiger partial charge on any atom is 0.0393 e. The zero-order chi connectivity index (χ0) is 6.27. The molecule has 0 saturated carbocycles. The van der Waals surface area contributed by atoms with E-state index in [2.05, 4.69) is 12.1 Å². The van der Waals surface area contributed by atoms with Gasteiger partial charge in [-0.1, -0.05) is 24.3 Å². The Kier molecular flexibility index (Phi) is 0.707. The van der Waals surface area contributed by atoms with Gasteiger partial charge in [0.2, 0.25) is 0 Å². The SMILES string of the molecule is Nc1cccc2c1C=C2. The molecular formula is C8H7N. The smallest absolute Gasteiger partial charge is 0.0393 e. The van der Waals surface area contributed by atoms with E-state index in [0.717, 1.165) is 5.69 Å². The number of nitrogen functional groups attached to an aromatic ring is 1. The minimum Gasteiger partial charge on any atom is -0.398 e. The highest BCUT2D eigenvalue weighted by Gasteiger charge is 2.05. The predicted molar refractivity (Wildman–Crippen MR) is 39.8 cm³/mol. The van der Waals surface area contributed by atoms with Gasteiger partial charge >= 0.3 is 0 Å². The molecular weight excluding hydrogens is 110 g/mol. The van der Waals surface area contributed by atoms with Gasteiger partial charge in [0.1, 0.15) is 0 Å². The maximum atomic E-state index is 5.62. The van der Waals surface area contributed by atoms with Crippen LogP contribution in [0.1, 0.15) is 11.1 Å². The fraction of sp³-hybridized carbons (Fsp3) is 0. The molecule has 0 bridgehead atoms. The lowest BCUT2D eigenvalue weighted by molar-refractivity contribution is 1.57. The molecule has 1 aromatic carbocycles. The van der Waals surface area contributed by atoms with Gasteiger partial charge in [0, 0.05) is 11.3 Å². The molecule has 0 saturated heterocycles. The van der Waals surface area contributed by atoms with Gasteiger partial charge in [-0.05, 0) is 11.6 Å². The van der Waals surface area contributed by atoms with Crippen LogP contribution in [0.25, 0.3) is 12.2 Å². The van der Waals surface area contributed by atoms with Gasteiger partial charge in [-0.2, -0.15) is 0 Å². The minimum atomic E-state index is 0.884. The van der Waals surface area contributed by atoms with Crippen LogP contribution in [0.15, 0.2) is 18.2 Å². The minimum absolute atomic E-state index is 0.884. The molecule has 0 unspecified atom stereocenters. The number of hydrogen-bond acceptors (Lipinski definition) is 1. The summed E-state index contributed by atoms with van der Waals surface area (Å²) in [5, 5.41) is 0. The summed E-state index contributed by atoms with van der Waals surface area (Å²) in [5.41, 5.74) is 8.96. The Balaban J connectivity index is 2.70. The fourth-order valence-electron chi connectivity index (χ4n) is 1.02. The summed E-state index contributed by atoms with van der Waals surface area (Å²) in [6.45, 7) is 0. The lowest BCUT2D eigenvalue weighted by Crippen LogP contribution is -1.95. The molecule has 1 aliphatic rings. The first-order valence-electron chi connectivity index (χ1n) is 2.94. The number of fused-ring (bicyclic) bond motifs is 1. The molecule has 1 nitrogen and oxygen atoms in total. The highest BCUT2D eigenvalue weighted by Crippen LogP contribution is 2.27. The summed E-state index contributed by atoms with van der Waals surface area (Å²) in [4.78, 5) is 0. The van der Waals surface area contributed by atoms with Crippen LogP contribution in [0, 0.1) is 0 Å². The molecule has 0 fully saturated rings. The predicted octanol–water partition coefficient (Wildman–Crippen LogP) is 1.75. The average molecular weight is 117 g/mol. The van der Waals surface area contributed by atoms with E-state index in [1.807, 2.05) is 18.2 Å². The molecule has 44 valence electrons. The van der Waals surface area contributed by atoms with Crippen molar-refractivity contribution in [3.05, 3.63) is 29.3 Å². The Morgan fingerprint density at radius 3 is 2.44 bits per heavy atom. The lowest BCUT2D eigenvalue weighted by atomic mass is 9.96. The number of anilines is 1. The van der Waals surface area contributed by atoms with Crippen LogP contribution in [0.4, 0.5) is 5.69 Å². The summed E-state index contributed by atoms with van der Waals surface area (Å²) in [6.07, 6.45) is 4.09. The van der Waals surface area contributed by atoms with Crippen LogP contribution in [0.2, 0.25) is 0 Å². The Labute approximate surface area is 53.8 Å². The molecule has 0 radical (unpaired) electrons. The van der Waals surface area contributed by atoms with Crippen molar-refractivity contribution in [1.29, 1.82) is 0 Å². The van der Waals surface area contributed by atoms with Crippen molar-refractivity contribution in [1.82, 2.24) is 0 Å². The monoisotopic (exact) mass is 117 g/mol. The second-order valence-electron chi connectivity index (χ2n) is 2.18. The van der Waals surface area contributed by atoms with Gasteiger partial charge < -0.3 is 5.73 Å². The molecule has 1 aliphatic carbocycles. The van der Waals surface area contributed by atoms with Crippen LogP contribution in [-0.2, 0) is 0 Å². The van der Waals surface area contributed by atoms with Crippen LogP contribution < -0.4 is 5.73 Å². The van der Waals surface area contributed by atoms with Crippen LogP contribution in [0.5, 0.6) is 0 Å². The summed E-state index contributed by atoms with van der Waals surface area (Å²) in [6, 6.07) is 5.95. The Bertz CT molecular complexity index is 274. The normalized spacial score (nSPS) is 12.4. The Morgan fingerprint density at radius 1 is 1.11 bits per heavy atom. The molecule has 0 heterocycles. The zero-order valence-electron chi connectivity index (χ0n) is 4.96. The molecule has 1 heteroatoms. The van der Waals surface area contributed by atoms with Crippen molar-refractivity contribution < 1.29 is 0 Å². The molecule has 0 spiro atoms. The van der Waals surface area contributed by atoms with E-state index in [4.69, 9.17) is 5.73 Å². The summed E-state index contributed by atoms with van der Waals surface area (Å²) in [7, 11) is 0. The molecule has 0 aromatic heterocycles. The van der Waals surface area contributed by atoms with Crippen molar-refractivity contribution in [2.75, 3.05) is 5.73 Å². The summed E-state index contributed by atoms with van der Waals surface area (Å²) < 4.78 is 0. The fourth-order valence-corrected chi connectivity index (χ4v) is 1.02. The van der Waals surface area contributed by atoms with E-state index < -0.39 is 0 Å². The van der Waals surface area contributed by atoms with E-state index in [9.17, 15) is 0 Å². The largest absolute Gasteiger partial charge is 0.398 e. The molecule has 0 atom stereocenters. The Morgan fingerprint density at radius 2 is 2.00 bits per heavy atom. The first-order chi connectivity index (χ1) is 4.38. The van der Waals surface area contributed by atoms with Crippen molar-refractivity contribution in [3.8, 4) is 0 Å². The zero-order valence-corrected chi connectivity index (χ0v) is 4.96. The van der Waals surface area contributed by atoms with Crippen molar-refractivity contribution in [2.45, 2.75) is 0 Å². The van der Waals surface area contributed by atoms with Gasteiger partial charge in [0.05, 0.1) is 0 Å². The first kappa shape index (κ1) is 4.62. The molecule has 1 aromatic rings. The lowest BCUT2D eigenvalue weighted by Gasteiger charge is -2.11. The highest BCUT2D eigenvalue weighted by molar-refractivity contribution is 5.91. The van der Waals surface area contributed by atoms with Gasteiger partial charge in [-0.25, -0.2) is 0 Å². The molecule has 9 heavy (non-hydrogen) atoms. The molecule has 2 rings (SSSR count). The van der Waals surface area contributed by atoms with Crippen LogP contribution in [0.3, 0.4) is 0 Å². The van der Waals surface area contributed by atoms with Gasteiger partial charge in [-0.3, -0.25) is 0 Å². The summed E-state index contributed by atoms with van der Waals surface area (Å²) >= 11 is 0. The van der Waals surface area contributed by atoms with E-state index >= 15 is 0 Å². The third-order valence-electron chi connectivity index (χ3n) is 1.60. The van der Waals surface area contributed by atoms with E-state index in [1.54, 1.807) is 0 Å². The second-order valence-corrected chi connectivity index (χ2v) is 2.18. The Hall–Kier alpha value is -1.24. The summed E-state index contributed by atoms with van der Waals surface area (Å²) in [5.74, 6) is 0. The first-order valence-corrected chi connectivity index (χ1v) is 2.94. The van der Waals surface area contributed by atoms with Gasteiger partial charge in [0.25, 0.3) is 0 Å². The third-order valence-corrected chi connectivity index (χ3v) is 1.60. The van der Waals surface area contributed by atoms with Gasteiger partial charge in [-0.15, -0.1) is 0 Å². The van der Waals surface area contributed by atoms with E-state index in [0.29, 0.717) is 0 Å². The van der Waals surface area contributed by atoms with Crippen LogP contribution >= 0.6 is 0 Å². The second kappa shape index (κ2) is 1.38. The highest BCUT2D eigenvalue weighted by atomic mass is 14.6. The standard InChI is InChI=1S/C8H7N/c9-8-3-1-2-6-4-5-7(6)8/h1-5H,9H2. The van der Waals surface area contributed by atoms with Gasteiger partial charge in [0.15, 0.2) is 0 Å². The average Bonchev–Trinajstić information content (AvgIpc) is 1.74. The maximum absolute atomic E-state index is 5.62. The number of rotatable bonds is 0. The topological polar surface area (TPSA) is 26.0 Å². The number of benzene rings is 1. The number of nitrogens with two attached hydrogens (primary N) is 1. The van der Waals surface area contributed by atoms with E-state index in [-0.39, 0.29) is 0 Å². The van der Waals surface area contributed by atoms with Crippen molar-refractivity contribution in [2.24, 2.45) is 0 Å². The van der Waals surface area contributed by atoms with Crippen molar-refractivity contribution >= 4 is 17.8 Å². The molecule has 0 aliphatic heterocycles. The molecule has 0 amide bonds. The number of hydrogen-bond donors (Lipinski definition) is 1. The van der Waals surface area contributed by atoms with Crippen LogP contribution in [-0.4, -0.2) is 0 Å².